The van der Waals surface area contributed by atoms with Crippen molar-refractivity contribution in [2.75, 3.05) is 4.90 Å². The maximum Gasteiger partial charge on any atom is 0.121 e. The van der Waals surface area contributed by atoms with Crippen molar-refractivity contribution >= 4 is 150 Å². The second-order valence-electron chi connectivity index (χ2n) is 36.7. The highest BCUT2D eigenvalue weighted by Crippen LogP contribution is 2.47. The largest absolute Gasteiger partial charge is 0.309 e. The fourth-order valence-corrected chi connectivity index (χ4v) is 22.2. The lowest BCUT2D eigenvalue weighted by Gasteiger charge is -2.31. The molecule has 0 bridgehead atoms. The van der Waals surface area contributed by atoms with Crippen LogP contribution in [0.3, 0.4) is 0 Å². The van der Waals surface area contributed by atoms with E-state index in [1.165, 1.54) is 76.4 Å². The van der Waals surface area contributed by atoms with E-state index in [0.29, 0.717) is 11.4 Å². The third-order valence-corrected chi connectivity index (χ3v) is 29.1. The van der Waals surface area contributed by atoms with E-state index < -0.39 is 0 Å². The Balaban J connectivity index is 0.546. The van der Waals surface area contributed by atoms with Gasteiger partial charge in [0, 0.05) is 99.2 Å². The molecule has 26 aromatic rings. The van der Waals surface area contributed by atoms with Crippen LogP contribution in [-0.2, 0) is 0 Å². The highest BCUT2D eigenvalue weighted by Gasteiger charge is 2.30. The first-order valence-electron chi connectivity index (χ1n) is 48.0. The quantitative estimate of drug-likeness (QED) is 0.0692. The lowest BCUT2D eigenvalue weighted by molar-refractivity contribution is 1.18. The molecule has 5 aromatic heterocycles. The number of rotatable bonds is 17. The molecular weight excluding hydrogens is 1730 g/mol. The molecule has 27 rings (SSSR count). The molecule has 0 unspecified atom stereocenters. The van der Waals surface area contributed by atoms with Crippen molar-refractivity contribution in [3.63, 3.8) is 0 Å². The van der Waals surface area contributed by atoms with Gasteiger partial charge in [-0.1, -0.05) is 340 Å². The van der Waals surface area contributed by atoms with Crippen molar-refractivity contribution in [3.8, 4) is 117 Å². The molecule has 0 saturated heterocycles. The minimum atomic E-state index is 0.257. The number of allylic oxidation sites excluding steroid dienone is 4. The zero-order valence-electron chi connectivity index (χ0n) is 76.6. The van der Waals surface area contributed by atoms with Crippen LogP contribution in [-0.4, -0.2) is 34.3 Å². The van der Waals surface area contributed by atoms with E-state index in [0.717, 1.165) is 173 Å². The number of hydrogen-bond acceptors (Lipinski definition) is 4. The van der Waals surface area contributed by atoms with Crippen LogP contribution >= 0.6 is 12.8 Å². The van der Waals surface area contributed by atoms with E-state index in [2.05, 4.69) is 537 Å². The number of aromatic nitrogens is 5. The summed E-state index contributed by atoms with van der Waals surface area (Å²) in [5.41, 5.74) is 39.9. The average Bonchev–Trinajstić information content (AvgIpc) is 1.62. The monoisotopic (exact) mass is 1810 g/mol. The van der Waals surface area contributed by atoms with Crippen LogP contribution in [0.15, 0.2) is 520 Å². The summed E-state index contributed by atoms with van der Waals surface area (Å²) in [5.74, 6) is 0. The Labute approximate surface area is 820 Å². The Morgan fingerprint density at radius 1 is 0.177 bits per heavy atom. The van der Waals surface area contributed by atoms with Crippen LogP contribution in [0.1, 0.15) is 5.56 Å². The molecule has 141 heavy (non-hydrogen) atoms. The number of para-hydroxylation sites is 6. The first-order valence-corrected chi connectivity index (χ1v) is 48.4. The smallest absolute Gasteiger partial charge is 0.121 e. The molecule has 1 N–H and O–H groups in total. The second kappa shape index (κ2) is 33.8. The lowest BCUT2D eigenvalue weighted by atomic mass is 9.91. The van der Waals surface area contributed by atoms with E-state index in [9.17, 15) is 5.41 Å². The van der Waals surface area contributed by atoms with Crippen LogP contribution < -0.4 is 4.90 Å². The number of benzene rings is 21. The Morgan fingerprint density at radius 3 is 0.716 bits per heavy atom. The van der Waals surface area contributed by atoms with Crippen molar-refractivity contribution in [1.82, 2.24) is 22.8 Å². The van der Waals surface area contributed by atoms with Gasteiger partial charge in [0.15, 0.2) is 0 Å². The Bertz CT molecular complexity index is 9100. The molecule has 0 amide bonds. The summed E-state index contributed by atoms with van der Waals surface area (Å²) in [5, 5.41) is 22.3. The molecule has 1 aliphatic rings. The molecule has 0 atom stereocenters. The summed E-state index contributed by atoms with van der Waals surface area (Å²) in [4.78, 5) is 2.22. The minimum absolute atomic E-state index is 0.257. The second-order valence-corrected chi connectivity index (χ2v) is 36.9. The van der Waals surface area contributed by atoms with Gasteiger partial charge in [0.1, 0.15) is 5.71 Å². The number of hydrogen-bond donors (Lipinski definition) is 2. The van der Waals surface area contributed by atoms with Gasteiger partial charge in [0.05, 0.1) is 66.6 Å². The standard InChI is InChI=1S/C132H86N8S/c133-131-109(75-78-126(132(131)134-141)135(104-61-49-93(50-62-104)100-57-73-114-110-29-13-17-33-120(110)137(127(114)83-100)102-25-9-3-10-26-102)105-63-51-94(52-64-105)101-58-74-115-111-30-14-18-34-121(111)138(128(115)84-101)103-27-11-4-12-28-103)95-53-69-106(70-54-95)136-124-76-59-96(89-37-41-91(42-38-89)98-55-71-116-112-31-15-19-35-122(112)139(129(116)81-98)107-65-45-87(46-66-107)85-21-5-1-6-22-85)79-118(124)119-80-97(60-77-125(119)136)90-39-43-92(44-40-90)99-56-72-117-113-32-16-20-36-123(113)140(130(117)82-99)108-67-47-88(48-68-108)86-23-7-2-8-24-86/h1-84,133,141H/b133-131?,134-132-. The maximum absolute atomic E-state index is 10.4. The molecule has 0 aliphatic heterocycles. The zero-order chi connectivity index (χ0) is 93.3. The van der Waals surface area contributed by atoms with Gasteiger partial charge in [-0.2, -0.15) is 0 Å². The summed E-state index contributed by atoms with van der Waals surface area (Å²) in [6.45, 7) is 0. The predicted octanol–water partition coefficient (Wildman–Crippen LogP) is 34.9. The highest BCUT2D eigenvalue weighted by molar-refractivity contribution is 7.79. The molecule has 8 nitrogen and oxygen atoms in total. The van der Waals surface area contributed by atoms with Gasteiger partial charge in [-0.25, -0.2) is 4.40 Å². The lowest BCUT2D eigenvalue weighted by Crippen LogP contribution is -2.30. The normalized spacial score (nSPS) is 12.7. The number of fused-ring (bicyclic) bond motifs is 15. The van der Waals surface area contributed by atoms with Crippen molar-refractivity contribution in [2.45, 2.75) is 0 Å². The molecule has 21 aromatic carbocycles. The van der Waals surface area contributed by atoms with E-state index in [-0.39, 0.29) is 5.71 Å². The summed E-state index contributed by atoms with van der Waals surface area (Å²) in [6.07, 6.45) is 4.18. The number of anilines is 2. The van der Waals surface area contributed by atoms with Gasteiger partial charge in [-0.15, -0.1) is 0 Å². The molecule has 5 heterocycles. The predicted molar refractivity (Wildman–Crippen MR) is 597 cm³/mol. The Morgan fingerprint density at radius 2 is 0.397 bits per heavy atom. The maximum atomic E-state index is 10.4. The third-order valence-electron chi connectivity index (χ3n) is 28.9. The zero-order valence-corrected chi connectivity index (χ0v) is 77.5. The Hall–Kier alpha value is -18.4. The molecule has 0 fully saturated rings. The van der Waals surface area contributed by atoms with Crippen molar-refractivity contribution in [3.05, 3.63) is 521 Å². The molecule has 1 aliphatic carbocycles. The molecule has 0 saturated carbocycles. The topological polar surface area (TPSA) is 64.1 Å². The van der Waals surface area contributed by atoms with Crippen LogP contribution in [0.4, 0.5) is 11.4 Å². The number of nitrogens with one attached hydrogen (secondary N) is 1. The number of thiol groups is 1. The van der Waals surface area contributed by atoms with E-state index >= 15 is 0 Å². The summed E-state index contributed by atoms with van der Waals surface area (Å²) < 4.78 is 16.7. The van der Waals surface area contributed by atoms with Crippen LogP contribution in [0, 0.1) is 5.41 Å². The van der Waals surface area contributed by atoms with Gasteiger partial charge in [0.2, 0.25) is 0 Å². The van der Waals surface area contributed by atoms with Crippen LogP contribution in [0.2, 0.25) is 0 Å². The van der Waals surface area contributed by atoms with E-state index in [4.69, 9.17) is 17.2 Å². The van der Waals surface area contributed by atoms with Crippen molar-refractivity contribution in [1.29, 1.82) is 5.41 Å². The first-order chi connectivity index (χ1) is 69.8. The SMILES string of the molecule is N=C1C(c2ccc(-n3c4ccc(-c5ccc(-c6ccc7c8ccccc8n(-c8ccc(-c9ccccc9)cc8)c7c6)cc5)cc4c4cc(-c5ccc(-c6ccc7c8ccccc8n(-c8ccc(-c9ccccc9)cc8)c7c6)cc5)ccc43)cc2)=CC=C(N(c2ccc(-c3ccc4c5ccccc5n(-c5ccccc5)c4c3)cc2)c2ccc(-c3ccc4c5ccccc5n(-c5ccccc5)c4c3)cc2)/C1=N/S. The summed E-state index contributed by atoms with van der Waals surface area (Å²) >= 11 is 4.80. The minimum Gasteiger partial charge on any atom is -0.309 e. The van der Waals surface area contributed by atoms with Crippen LogP contribution in [0.25, 0.3) is 232 Å². The van der Waals surface area contributed by atoms with Crippen molar-refractivity contribution < 1.29 is 0 Å². The first kappa shape index (κ1) is 82.1. The molecule has 9 heteroatoms. The third kappa shape index (κ3) is 14.0. The average molecular weight is 1820 g/mol. The van der Waals surface area contributed by atoms with Gasteiger partial charge in [-0.05, 0) is 277 Å². The van der Waals surface area contributed by atoms with Gasteiger partial charge >= 0.3 is 0 Å². The summed E-state index contributed by atoms with van der Waals surface area (Å²) in [6, 6.07) is 181. The van der Waals surface area contributed by atoms with Gasteiger partial charge < -0.3 is 27.7 Å². The Kier molecular flexibility index (Phi) is 19.7. The van der Waals surface area contributed by atoms with E-state index in [1.807, 2.05) is 0 Å². The van der Waals surface area contributed by atoms with Crippen LogP contribution in [0.5, 0.6) is 0 Å². The fourth-order valence-electron chi connectivity index (χ4n) is 22.0. The molecule has 0 spiro atoms. The highest BCUT2D eigenvalue weighted by atomic mass is 32.1. The van der Waals surface area contributed by atoms with E-state index in [1.54, 1.807) is 0 Å². The van der Waals surface area contributed by atoms with Gasteiger partial charge in [-0.3, -0.25) is 5.41 Å². The van der Waals surface area contributed by atoms with Gasteiger partial charge in [0.25, 0.3) is 0 Å². The fraction of sp³-hybridized carbons (Fsp3) is 0. The summed E-state index contributed by atoms with van der Waals surface area (Å²) in [7, 11) is 0. The van der Waals surface area contributed by atoms with Crippen molar-refractivity contribution in [2.24, 2.45) is 4.40 Å². The molecule has 0 radical (unpaired) electrons. The number of nitrogens with zero attached hydrogens (tertiary/aromatic N) is 7. The molecule has 660 valence electrons. The molecular formula is C132H86N8S.